The summed E-state index contributed by atoms with van der Waals surface area (Å²) in [6, 6.07) is 18.4. The second-order valence-corrected chi connectivity index (χ2v) is 8.03. The fraction of sp³-hybridized carbons (Fsp3) is 0.273. The van der Waals surface area contributed by atoms with Gasteiger partial charge in [0, 0.05) is 44.5 Å². The van der Waals surface area contributed by atoms with Crippen molar-refractivity contribution in [3.8, 4) is 0 Å². The first kappa shape index (κ1) is 18.9. The van der Waals surface area contributed by atoms with Crippen molar-refractivity contribution in [2.75, 3.05) is 26.2 Å². The summed E-state index contributed by atoms with van der Waals surface area (Å²) >= 11 is 3.41. The first-order valence-electron chi connectivity index (χ1n) is 9.50. The monoisotopic (exact) mass is 438 g/mol. The quantitative estimate of drug-likeness (QED) is 0.610. The third kappa shape index (κ3) is 4.69. The zero-order valence-corrected chi connectivity index (χ0v) is 17.3. The molecule has 144 valence electrons. The minimum atomic E-state index is 0.114. The second-order valence-electron chi connectivity index (χ2n) is 7.11. The third-order valence-electron chi connectivity index (χ3n) is 5.03. The van der Waals surface area contributed by atoms with Crippen molar-refractivity contribution in [2.45, 2.75) is 13.1 Å². The van der Waals surface area contributed by atoms with Crippen LogP contribution in [-0.4, -0.2) is 51.7 Å². The lowest BCUT2D eigenvalue weighted by Gasteiger charge is -2.34. The van der Waals surface area contributed by atoms with E-state index >= 15 is 0 Å². The lowest BCUT2D eigenvalue weighted by atomic mass is 10.1. The Morgan fingerprint density at radius 3 is 2.39 bits per heavy atom. The van der Waals surface area contributed by atoms with Crippen LogP contribution in [0.5, 0.6) is 0 Å². The minimum Gasteiger partial charge on any atom is -0.336 e. The van der Waals surface area contributed by atoms with Crippen LogP contribution >= 0.6 is 15.9 Å². The highest BCUT2D eigenvalue weighted by Gasteiger charge is 2.22. The zero-order chi connectivity index (χ0) is 19.3. The van der Waals surface area contributed by atoms with Gasteiger partial charge in [0.15, 0.2) is 0 Å². The molecule has 6 heteroatoms. The van der Waals surface area contributed by atoms with Gasteiger partial charge in [-0.05, 0) is 39.2 Å². The molecule has 1 aliphatic rings. The number of benzene rings is 2. The molecular formula is C22H23BrN4O. The maximum atomic E-state index is 13.0. The maximum Gasteiger partial charge on any atom is 0.253 e. The largest absolute Gasteiger partial charge is 0.336 e. The Hall–Kier alpha value is -2.44. The van der Waals surface area contributed by atoms with Crippen LogP contribution in [0.2, 0.25) is 0 Å². The van der Waals surface area contributed by atoms with Gasteiger partial charge in [0.25, 0.3) is 5.91 Å². The van der Waals surface area contributed by atoms with Crippen molar-refractivity contribution in [1.29, 1.82) is 0 Å². The van der Waals surface area contributed by atoms with Gasteiger partial charge in [-0.1, -0.05) is 42.5 Å². The number of halogens is 1. The molecular weight excluding hydrogens is 416 g/mol. The average Bonchev–Trinajstić information content (AvgIpc) is 3.13. The Bertz CT molecular complexity index is 932. The molecule has 0 unspecified atom stereocenters. The fourth-order valence-electron chi connectivity index (χ4n) is 3.55. The average molecular weight is 439 g/mol. The van der Waals surface area contributed by atoms with Gasteiger partial charge in [-0.15, -0.1) is 0 Å². The molecule has 1 aliphatic heterocycles. The lowest BCUT2D eigenvalue weighted by Crippen LogP contribution is -2.48. The highest BCUT2D eigenvalue weighted by atomic mass is 79.9. The first-order chi connectivity index (χ1) is 13.7. The van der Waals surface area contributed by atoms with E-state index in [1.54, 1.807) is 6.20 Å². The van der Waals surface area contributed by atoms with Crippen LogP contribution in [0.1, 0.15) is 21.5 Å². The zero-order valence-electron chi connectivity index (χ0n) is 15.7. The van der Waals surface area contributed by atoms with Crippen LogP contribution < -0.4 is 0 Å². The smallest absolute Gasteiger partial charge is 0.253 e. The van der Waals surface area contributed by atoms with Gasteiger partial charge in [0.2, 0.25) is 0 Å². The highest BCUT2D eigenvalue weighted by Crippen LogP contribution is 2.14. The minimum absolute atomic E-state index is 0.114. The Labute approximate surface area is 173 Å². The van der Waals surface area contributed by atoms with Crippen LogP contribution in [0.15, 0.2) is 71.5 Å². The van der Waals surface area contributed by atoms with Crippen molar-refractivity contribution in [3.63, 3.8) is 0 Å². The van der Waals surface area contributed by atoms with E-state index in [0.29, 0.717) is 6.54 Å². The second kappa shape index (κ2) is 8.71. The molecule has 1 saturated heterocycles. The van der Waals surface area contributed by atoms with Crippen LogP contribution in [0.25, 0.3) is 0 Å². The van der Waals surface area contributed by atoms with Gasteiger partial charge in [-0.2, -0.15) is 5.10 Å². The molecule has 2 aromatic carbocycles. The number of carbonyl (C=O) groups is 1. The molecule has 3 aromatic rings. The molecule has 0 radical (unpaired) electrons. The van der Waals surface area contributed by atoms with Gasteiger partial charge in [-0.3, -0.25) is 14.4 Å². The number of hydrogen-bond donors (Lipinski definition) is 0. The van der Waals surface area contributed by atoms with Crippen molar-refractivity contribution in [3.05, 3.63) is 88.2 Å². The molecule has 28 heavy (non-hydrogen) atoms. The summed E-state index contributed by atoms with van der Waals surface area (Å²) in [6.07, 6.45) is 3.70. The summed E-state index contributed by atoms with van der Waals surface area (Å²) in [4.78, 5) is 17.3. The molecule has 5 nitrogen and oxygen atoms in total. The van der Waals surface area contributed by atoms with Gasteiger partial charge in [-0.25, -0.2) is 0 Å². The summed E-state index contributed by atoms with van der Waals surface area (Å²) in [5.41, 5.74) is 3.14. The van der Waals surface area contributed by atoms with Gasteiger partial charge in [0.1, 0.15) is 0 Å². The summed E-state index contributed by atoms with van der Waals surface area (Å²) in [5, 5.41) is 4.29. The number of carbonyl (C=O) groups excluding carboxylic acids is 1. The molecule has 0 spiro atoms. The molecule has 0 saturated carbocycles. The van der Waals surface area contributed by atoms with E-state index in [0.717, 1.165) is 48.3 Å². The number of nitrogens with zero attached hydrogens (tertiary/aromatic N) is 4. The van der Waals surface area contributed by atoms with Crippen molar-refractivity contribution in [1.82, 2.24) is 19.6 Å². The Morgan fingerprint density at radius 2 is 1.68 bits per heavy atom. The summed E-state index contributed by atoms with van der Waals surface area (Å²) in [6.45, 7) is 4.93. The topological polar surface area (TPSA) is 41.4 Å². The number of aromatic nitrogens is 2. The molecule has 4 rings (SSSR count). The summed E-state index contributed by atoms with van der Waals surface area (Å²) < 4.78 is 2.81. The van der Waals surface area contributed by atoms with Crippen molar-refractivity contribution < 1.29 is 4.79 Å². The number of hydrogen-bond acceptors (Lipinski definition) is 3. The number of amides is 1. The van der Waals surface area contributed by atoms with E-state index in [4.69, 9.17) is 0 Å². The van der Waals surface area contributed by atoms with Crippen LogP contribution in [0.3, 0.4) is 0 Å². The molecule has 1 fully saturated rings. The van der Waals surface area contributed by atoms with Crippen LogP contribution in [0, 0.1) is 0 Å². The molecule has 0 aliphatic carbocycles. The highest BCUT2D eigenvalue weighted by molar-refractivity contribution is 9.10. The Balaban J connectivity index is 1.35. The molecule has 0 bridgehead atoms. The number of piperazine rings is 1. The lowest BCUT2D eigenvalue weighted by molar-refractivity contribution is 0.0628. The molecule has 2 heterocycles. The normalized spacial score (nSPS) is 15.0. The van der Waals surface area contributed by atoms with Gasteiger partial charge >= 0.3 is 0 Å². The first-order valence-corrected chi connectivity index (χ1v) is 10.3. The van der Waals surface area contributed by atoms with Crippen molar-refractivity contribution in [2.24, 2.45) is 0 Å². The fourth-order valence-corrected chi connectivity index (χ4v) is 3.88. The third-order valence-corrected chi connectivity index (χ3v) is 5.44. The Morgan fingerprint density at radius 1 is 0.929 bits per heavy atom. The van der Waals surface area contributed by atoms with E-state index in [9.17, 15) is 4.79 Å². The van der Waals surface area contributed by atoms with E-state index in [2.05, 4.69) is 50.2 Å². The van der Waals surface area contributed by atoms with E-state index in [1.807, 2.05) is 46.1 Å². The van der Waals surface area contributed by atoms with E-state index < -0.39 is 0 Å². The molecule has 1 aromatic heterocycles. The predicted octanol–water partition coefficient (Wildman–Crippen LogP) is 3.65. The molecule has 0 atom stereocenters. The predicted molar refractivity (Wildman–Crippen MR) is 113 cm³/mol. The van der Waals surface area contributed by atoms with Gasteiger partial charge < -0.3 is 4.90 Å². The Kier molecular flexibility index (Phi) is 5.88. The van der Waals surface area contributed by atoms with E-state index in [-0.39, 0.29) is 5.91 Å². The maximum absolute atomic E-state index is 13.0. The van der Waals surface area contributed by atoms with Crippen LogP contribution in [0.4, 0.5) is 0 Å². The standard InChI is InChI=1S/C22H23BrN4O/c23-21-14-24-27(17-21)16-19-7-4-8-20(13-19)22(28)26-11-9-25(10-12-26)15-18-5-2-1-3-6-18/h1-8,13-14,17H,9-12,15-16H2. The van der Waals surface area contributed by atoms with Crippen molar-refractivity contribution >= 4 is 21.8 Å². The number of rotatable bonds is 5. The summed E-state index contributed by atoms with van der Waals surface area (Å²) in [7, 11) is 0. The van der Waals surface area contributed by atoms with E-state index in [1.165, 1.54) is 5.56 Å². The molecule has 1 amide bonds. The molecule has 0 N–H and O–H groups in total. The van der Waals surface area contributed by atoms with Gasteiger partial charge in [0.05, 0.1) is 17.2 Å². The van der Waals surface area contributed by atoms with Crippen LogP contribution in [-0.2, 0) is 13.1 Å². The summed E-state index contributed by atoms with van der Waals surface area (Å²) in [5.74, 6) is 0.114. The SMILES string of the molecule is O=C(c1cccc(Cn2cc(Br)cn2)c1)N1CCN(Cc2ccccc2)CC1.